The molecule has 3 nitrogen and oxygen atoms in total. The number of hydrogen-bond acceptors (Lipinski definition) is 1. The number of fused-ring (bicyclic) bond motifs is 1. The van der Waals surface area contributed by atoms with E-state index in [2.05, 4.69) is 16.4 Å². The van der Waals surface area contributed by atoms with Gasteiger partial charge < -0.3 is 10.3 Å². The number of rotatable bonds is 1. The van der Waals surface area contributed by atoms with Gasteiger partial charge in [-0.15, -0.1) is 0 Å². The van der Waals surface area contributed by atoms with Crippen LogP contribution in [-0.2, 0) is 4.79 Å². The number of carbonyl (C=O) groups excluding carboxylic acids is 1. The number of anilines is 1. The minimum absolute atomic E-state index is 0.0485. The van der Waals surface area contributed by atoms with Gasteiger partial charge in [-0.05, 0) is 30.5 Å². The molecule has 0 radical (unpaired) electrons. The van der Waals surface area contributed by atoms with Gasteiger partial charge >= 0.3 is 0 Å². The molecule has 0 fully saturated rings. The smallest absolute Gasteiger partial charge is 0.221 e. The Morgan fingerprint density at radius 2 is 2.14 bits per heavy atom. The van der Waals surface area contributed by atoms with Crippen LogP contribution in [0.1, 0.15) is 12.6 Å². The number of aryl methyl sites for hydroxylation is 1. The van der Waals surface area contributed by atoms with E-state index in [0.29, 0.717) is 0 Å². The number of nitrogens with one attached hydrogen (secondary N) is 2. The van der Waals surface area contributed by atoms with Crippen LogP contribution >= 0.6 is 0 Å². The van der Waals surface area contributed by atoms with Crippen molar-refractivity contribution < 1.29 is 4.79 Å². The molecule has 0 saturated heterocycles. The van der Waals surface area contributed by atoms with Crippen LogP contribution in [0.4, 0.5) is 5.69 Å². The summed E-state index contributed by atoms with van der Waals surface area (Å²) in [6, 6.07) is 7.90. The van der Waals surface area contributed by atoms with Gasteiger partial charge in [-0.3, -0.25) is 4.79 Å². The first-order valence-corrected chi connectivity index (χ1v) is 4.52. The van der Waals surface area contributed by atoms with E-state index in [9.17, 15) is 4.79 Å². The number of aromatic amines is 1. The molecule has 14 heavy (non-hydrogen) atoms. The van der Waals surface area contributed by atoms with Crippen LogP contribution in [-0.4, -0.2) is 10.9 Å². The molecule has 0 aliphatic carbocycles. The zero-order valence-corrected chi connectivity index (χ0v) is 8.22. The van der Waals surface area contributed by atoms with Gasteiger partial charge in [0.25, 0.3) is 0 Å². The topological polar surface area (TPSA) is 44.9 Å². The van der Waals surface area contributed by atoms with Crippen molar-refractivity contribution in [1.82, 2.24) is 4.98 Å². The summed E-state index contributed by atoms with van der Waals surface area (Å²) in [4.78, 5) is 14.1. The molecule has 1 amide bonds. The molecule has 0 aliphatic heterocycles. The van der Waals surface area contributed by atoms with Crippen molar-refractivity contribution in [2.75, 3.05) is 5.32 Å². The summed E-state index contributed by atoms with van der Waals surface area (Å²) >= 11 is 0. The predicted octanol–water partition coefficient (Wildman–Crippen LogP) is 2.43. The summed E-state index contributed by atoms with van der Waals surface area (Å²) in [5, 5.41) is 3.91. The Balaban J connectivity index is 2.45. The molecular formula is C11H12N2O. The van der Waals surface area contributed by atoms with Crippen molar-refractivity contribution in [2.45, 2.75) is 13.8 Å². The number of H-pyrrole nitrogens is 1. The van der Waals surface area contributed by atoms with Crippen LogP contribution in [0.25, 0.3) is 10.9 Å². The molecule has 0 aliphatic rings. The minimum atomic E-state index is -0.0485. The lowest BCUT2D eigenvalue weighted by Crippen LogP contribution is -2.05. The van der Waals surface area contributed by atoms with Crippen molar-refractivity contribution in [2.24, 2.45) is 0 Å². The molecule has 0 atom stereocenters. The molecule has 0 spiro atoms. The van der Waals surface area contributed by atoms with Crippen molar-refractivity contribution in [3.63, 3.8) is 0 Å². The number of aromatic nitrogens is 1. The van der Waals surface area contributed by atoms with Crippen molar-refractivity contribution in [1.29, 1.82) is 0 Å². The zero-order chi connectivity index (χ0) is 10.1. The van der Waals surface area contributed by atoms with Crippen LogP contribution in [0, 0.1) is 6.92 Å². The van der Waals surface area contributed by atoms with Gasteiger partial charge in [0.15, 0.2) is 0 Å². The highest BCUT2D eigenvalue weighted by atomic mass is 16.1. The highest BCUT2D eigenvalue weighted by Gasteiger charge is 1.99. The molecular weight excluding hydrogens is 176 g/mol. The molecule has 2 N–H and O–H groups in total. The first kappa shape index (κ1) is 8.81. The summed E-state index contributed by atoms with van der Waals surface area (Å²) in [6.45, 7) is 3.52. The molecule has 0 saturated carbocycles. The molecule has 0 unspecified atom stereocenters. The summed E-state index contributed by atoms with van der Waals surface area (Å²) in [6.07, 6.45) is 0. The number of amides is 1. The van der Waals surface area contributed by atoms with Crippen LogP contribution in [0.5, 0.6) is 0 Å². The Morgan fingerprint density at radius 1 is 1.36 bits per heavy atom. The first-order chi connectivity index (χ1) is 6.65. The predicted molar refractivity (Wildman–Crippen MR) is 57.3 cm³/mol. The second kappa shape index (κ2) is 3.18. The van der Waals surface area contributed by atoms with Gasteiger partial charge in [-0.25, -0.2) is 0 Å². The Hall–Kier alpha value is -1.77. The molecule has 2 rings (SSSR count). The molecule has 1 aromatic heterocycles. The average Bonchev–Trinajstić information content (AvgIpc) is 2.42. The Labute approximate surface area is 82.1 Å². The van der Waals surface area contributed by atoms with E-state index < -0.39 is 0 Å². The van der Waals surface area contributed by atoms with E-state index in [-0.39, 0.29) is 5.91 Å². The van der Waals surface area contributed by atoms with Gasteiger partial charge in [0.1, 0.15) is 0 Å². The normalized spacial score (nSPS) is 10.4. The highest BCUT2D eigenvalue weighted by Crippen LogP contribution is 2.19. The molecule has 1 aromatic carbocycles. The Kier molecular flexibility index (Phi) is 2.00. The van der Waals surface area contributed by atoms with Crippen molar-refractivity contribution >= 4 is 22.5 Å². The van der Waals surface area contributed by atoms with E-state index in [1.807, 2.05) is 25.1 Å². The van der Waals surface area contributed by atoms with Crippen LogP contribution in [0.2, 0.25) is 0 Å². The second-order valence-electron chi connectivity index (χ2n) is 3.44. The monoisotopic (exact) mass is 188 g/mol. The summed E-state index contributed by atoms with van der Waals surface area (Å²) in [7, 11) is 0. The van der Waals surface area contributed by atoms with Crippen LogP contribution < -0.4 is 5.32 Å². The van der Waals surface area contributed by atoms with Gasteiger partial charge in [0.05, 0.1) is 0 Å². The number of carbonyl (C=O) groups is 1. The van der Waals surface area contributed by atoms with Crippen LogP contribution in [0.15, 0.2) is 24.3 Å². The van der Waals surface area contributed by atoms with E-state index in [1.165, 1.54) is 6.92 Å². The lowest BCUT2D eigenvalue weighted by molar-refractivity contribution is -0.114. The Bertz CT molecular complexity index is 485. The van der Waals surface area contributed by atoms with Crippen LogP contribution in [0.3, 0.4) is 0 Å². The maximum absolute atomic E-state index is 10.8. The fraction of sp³-hybridized carbons (Fsp3) is 0.182. The van der Waals surface area contributed by atoms with E-state index in [1.54, 1.807) is 0 Å². The highest BCUT2D eigenvalue weighted by molar-refractivity contribution is 5.92. The van der Waals surface area contributed by atoms with Gasteiger partial charge in [0, 0.05) is 23.8 Å². The Morgan fingerprint density at radius 3 is 2.86 bits per heavy atom. The molecule has 72 valence electrons. The van der Waals surface area contributed by atoms with Gasteiger partial charge in [-0.1, -0.05) is 6.07 Å². The largest absolute Gasteiger partial charge is 0.359 e. The average molecular weight is 188 g/mol. The maximum Gasteiger partial charge on any atom is 0.221 e. The maximum atomic E-state index is 10.8. The standard InChI is InChI=1S/C11H12N2O/c1-7-5-9-3-4-10(13-8(2)14)6-11(9)12-7/h3-6,12H,1-2H3,(H,13,14). The van der Waals surface area contributed by atoms with Gasteiger partial charge in [-0.2, -0.15) is 0 Å². The third-order valence-electron chi connectivity index (χ3n) is 2.08. The SMILES string of the molecule is CC(=O)Nc1ccc2cc(C)[nH]c2c1. The second-order valence-corrected chi connectivity index (χ2v) is 3.44. The molecule has 1 heterocycles. The molecule has 3 heteroatoms. The lowest BCUT2D eigenvalue weighted by Gasteiger charge is -2.00. The van der Waals surface area contributed by atoms with Gasteiger partial charge in [0.2, 0.25) is 5.91 Å². The fourth-order valence-electron chi connectivity index (χ4n) is 1.55. The third-order valence-corrected chi connectivity index (χ3v) is 2.08. The minimum Gasteiger partial charge on any atom is -0.359 e. The number of hydrogen-bond donors (Lipinski definition) is 2. The fourth-order valence-corrected chi connectivity index (χ4v) is 1.55. The third kappa shape index (κ3) is 1.62. The molecule has 0 bridgehead atoms. The quantitative estimate of drug-likeness (QED) is 0.709. The first-order valence-electron chi connectivity index (χ1n) is 4.52. The lowest BCUT2D eigenvalue weighted by atomic mass is 10.2. The number of benzene rings is 1. The van der Waals surface area contributed by atoms with E-state index in [0.717, 1.165) is 22.3 Å². The zero-order valence-electron chi connectivity index (χ0n) is 8.22. The van der Waals surface area contributed by atoms with Crippen molar-refractivity contribution in [3.8, 4) is 0 Å². The van der Waals surface area contributed by atoms with E-state index in [4.69, 9.17) is 0 Å². The summed E-state index contributed by atoms with van der Waals surface area (Å²) in [5.74, 6) is -0.0485. The molecule has 2 aromatic rings. The summed E-state index contributed by atoms with van der Waals surface area (Å²) in [5.41, 5.74) is 3.00. The summed E-state index contributed by atoms with van der Waals surface area (Å²) < 4.78 is 0. The van der Waals surface area contributed by atoms with E-state index >= 15 is 0 Å². The van der Waals surface area contributed by atoms with Crippen molar-refractivity contribution in [3.05, 3.63) is 30.0 Å².